The first-order valence-electron chi connectivity index (χ1n) is 7.39. The molecule has 2 aromatic carbocycles. The second-order valence-corrected chi connectivity index (χ2v) is 6.95. The van der Waals surface area contributed by atoms with E-state index in [1.54, 1.807) is 25.3 Å². The molecule has 2 aromatic rings. The lowest BCUT2D eigenvalue weighted by Gasteiger charge is -2.29. The van der Waals surface area contributed by atoms with E-state index in [0.717, 1.165) is 10.5 Å². The number of hydrogen-bond acceptors (Lipinski definition) is 3. The highest BCUT2D eigenvalue weighted by atomic mass is 35.5. The SMILES string of the molecule is CO[C@@](C)(CNC(=O)CSc1ccc(F)cc1)c1cccc(Cl)c1. The smallest absolute Gasteiger partial charge is 0.230 e. The molecule has 0 spiro atoms. The van der Waals surface area contributed by atoms with Crippen molar-refractivity contribution in [3.63, 3.8) is 0 Å². The molecule has 0 saturated carbocycles. The highest BCUT2D eigenvalue weighted by Gasteiger charge is 2.27. The number of carbonyl (C=O) groups is 1. The van der Waals surface area contributed by atoms with Gasteiger partial charge in [-0.1, -0.05) is 23.7 Å². The first-order valence-corrected chi connectivity index (χ1v) is 8.75. The lowest BCUT2D eigenvalue weighted by molar-refractivity contribution is -0.120. The first-order chi connectivity index (χ1) is 11.4. The second kappa shape index (κ2) is 8.51. The van der Waals surface area contributed by atoms with Crippen molar-refractivity contribution in [3.05, 3.63) is 64.9 Å². The normalized spacial score (nSPS) is 13.3. The van der Waals surface area contributed by atoms with E-state index in [1.807, 2.05) is 25.1 Å². The maximum atomic E-state index is 12.9. The van der Waals surface area contributed by atoms with E-state index in [1.165, 1.54) is 23.9 Å². The Kier molecular flexibility index (Phi) is 6.66. The minimum absolute atomic E-state index is 0.116. The number of benzene rings is 2. The van der Waals surface area contributed by atoms with Crippen LogP contribution in [-0.4, -0.2) is 25.3 Å². The van der Waals surface area contributed by atoms with Crippen LogP contribution in [0.2, 0.25) is 5.02 Å². The van der Waals surface area contributed by atoms with Gasteiger partial charge in [0.1, 0.15) is 11.4 Å². The molecule has 1 N–H and O–H groups in total. The van der Waals surface area contributed by atoms with Crippen LogP contribution in [0.4, 0.5) is 4.39 Å². The van der Waals surface area contributed by atoms with Gasteiger partial charge < -0.3 is 10.1 Å². The number of thioether (sulfide) groups is 1. The zero-order valence-electron chi connectivity index (χ0n) is 13.5. The van der Waals surface area contributed by atoms with Crippen molar-refractivity contribution in [1.29, 1.82) is 0 Å². The van der Waals surface area contributed by atoms with Gasteiger partial charge in [-0.2, -0.15) is 0 Å². The molecule has 0 saturated heterocycles. The number of hydrogen-bond donors (Lipinski definition) is 1. The average molecular weight is 368 g/mol. The molecule has 0 unspecified atom stereocenters. The van der Waals surface area contributed by atoms with E-state index >= 15 is 0 Å². The van der Waals surface area contributed by atoms with Crippen LogP contribution in [0.15, 0.2) is 53.4 Å². The summed E-state index contributed by atoms with van der Waals surface area (Å²) in [6.07, 6.45) is 0. The van der Waals surface area contributed by atoms with Crippen molar-refractivity contribution in [1.82, 2.24) is 5.32 Å². The molecule has 0 aliphatic carbocycles. The number of carbonyl (C=O) groups excluding carboxylic acids is 1. The summed E-state index contributed by atoms with van der Waals surface area (Å²) in [6.45, 7) is 2.22. The van der Waals surface area contributed by atoms with Gasteiger partial charge in [-0.25, -0.2) is 4.39 Å². The molecule has 0 aliphatic rings. The fourth-order valence-electron chi connectivity index (χ4n) is 2.11. The van der Waals surface area contributed by atoms with Gasteiger partial charge in [0.05, 0.1) is 12.3 Å². The van der Waals surface area contributed by atoms with Gasteiger partial charge >= 0.3 is 0 Å². The highest BCUT2D eigenvalue weighted by molar-refractivity contribution is 8.00. The number of rotatable bonds is 7. The molecule has 0 radical (unpaired) electrons. The van der Waals surface area contributed by atoms with E-state index in [4.69, 9.17) is 16.3 Å². The first kappa shape index (κ1) is 18.8. The Labute approximate surface area is 150 Å². The zero-order valence-corrected chi connectivity index (χ0v) is 15.1. The van der Waals surface area contributed by atoms with Gasteiger partial charge in [0.2, 0.25) is 5.91 Å². The molecular formula is C18H19ClFNO2S. The Morgan fingerprint density at radius 2 is 2.00 bits per heavy atom. The third kappa shape index (κ3) is 5.23. The summed E-state index contributed by atoms with van der Waals surface area (Å²) < 4.78 is 18.4. The maximum Gasteiger partial charge on any atom is 0.230 e. The molecule has 24 heavy (non-hydrogen) atoms. The summed E-state index contributed by atoms with van der Waals surface area (Å²) in [5.74, 6) is -0.156. The van der Waals surface area contributed by atoms with Crippen molar-refractivity contribution in [3.8, 4) is 0 Å². The van der Waals surface area contributed by atoms with Gasteiger partial charge in [-0.15, -0.1) is 11.8 Å². The van der Waals surface area contributed by atoms with Crippen molar-refractivity contribution >= 4 is 29.3 Å². The van der Waals surface area contributed by atoms with E-state index < -0.39 is 5.60 Å². The molecule has 0 aromatic heterocycles. The number of ether oxygens (including phenoxy) is 1. The average Bonchev–Trinajstić information content (AvgIpc) is 2.59. The Balaban J connectivity index is 1.90. The molecule has 1 amide bonds. The van der Waals surface area contributed by atoms with Crippen LogP contribution in [0, 0.1) is 5.82 Å². The summed E-state index contributed by atoms with van der Waals surface area (Å²) in [5, 5.41) is 3.49. The molecule has 0 aliphatic heterocycles. The van der Waals surface area contributed by atoms with Crippen LogP contribution in [-0.2, 0) is 15.1 Å². The minimum atomic E-state index is -0.666. The van der Waals surface area contributed by atoms with Crippen LogP contribution in [0.5, 0.6) is 0 Å². The number of methoxy groups -OCH3 is 1. The van der Waals surface area contributed by atoms with Crippen LogP contribution >= 0.6 is 23.4 Å². The van der Waals surface area contributed by atoms with Crippen molar-refractivity contribution < 1.29 is 13.9 Å². The molecule has 2 rings (SSSR count). The monoisotopic (exact) mass is 367 g/mol. The highest BCUT2D eigenvalue weighted by Crippen LogP contribution is 2.26. The number of halogens is 2. The lowest BCUT2D eigenvalue weighted by Crippen LogP contribution is -2.40. The van der Waals surface area contributed by atoms with Crippen LogP contribution in [0.1, 0.15) is 12.5 Å². The Morgan fingerprint density at radius 1 is 1.29 bits per heavy atom. The van der Waals surface area contributed by atoms with Crippen LogP contribution in [0.25, 0.3) is 0 Å². The molecule has 1 atom stereocenters. The topological polar surface area (TPSA) is 38.3 Å². The predicted octanol–water partition coefficient (Wildman–Crippen LogP) is 4.25. The number of amides is 1. The maximum absolute atomic E-state index is 12.9. The largest absolute Gasteiger partial charge is 0.372 e. The minimum Gasteiger partial charge on any atom is -0.372 e. The summed E-state index contributed by atoms with van der Waals surface area (Å²) in [4.78, 5) is 12.9. The summed E-state index contributed by atoms with van der Waals surface area (Å²) >= 11 is 7.38. The van der Waals surface area contributed by atoms with Gasteiger partial charge in [0.15, 0.2) is 0 Å². The molecular weight excluding hydrogens is 349 g/mol. The van der Waals surface area contributed by atoms with E-state index in [2.05, 4.69) is 5.32 Å². The third-order valence-electron chi connectivity index (χ3n) is 3.69. The zero-order chi connectivity index (χ0) is 17.6. The van der Waals surface area contributed by atoms with Gasteiger partial charge in [0.25, 0.3) is 0 Å². The van der Waals surface area contributed by atoms with E-state index in [-0.39, 0.29) is 17.5 Å². The Morgan fingerprint density at radius 3 is 2.62 bits per heavy atom. The number of nitrogens with one attached hydrogen (secondary N) is 1. The molecule has 128 valence electrons. The quantitative estimate of drug-likeness (QED) is 0.743. The van der Waals surface area contributed by atoms with Gasteiger partial charge in [-0.3, -0.25) is 4.79 Å². The molecule has 0 heterocycles. The second-order valence-electron chi connectivity index (χ2n) is 5.46. The van der Waals surface area contributed by atoms with E-state index in [9.17, 15) is 9.18 Å². The Hall–Kier alpha value is -1.56. The summed E-state index contributed by atoms with van der Waals surface area (Å²) in [6, 6.07) is 13.4. The predicted molar refractivity (Wildman–Crippen MR) is 95.9 cm³/mol. The fourth-order valence-corrected chi connectivity index (χ4v) is 3.03. The van der Waals surface area contributed by atoms with Gasteiger partial charge in [-0.05, 0) is 48.9 Å². The molecule has 6 heteroatoms. The van der Waals surface area contributed by atoms with Crippen LogP contribution in [0.3, 0.4) is 0 Å². The van der Waals surface area contributed by atoms with Crippen LogP contribution < -0.4 is 5.32 Å². The Bertz CT molecular complexity index is 696. The van der Waals surface area contributed by atoms with Gasteiger partial charge in [0, 0.05) is 17.0 Å². The summed E-state index contributed by atoms with van der Waals surface area (Å²) in [7, 11) is 1.60. The third-order valence-corrected chi connectivity index (χ3v) is 4.94. The molecule has 0 bridgehead atoms. The standard InChI is InChI=1S/C18H19ClFNO2S/c1-18(23-2,13-4-3-5-14(19)10-13)12-21-17(22)11-24-16-8-6-15(20)7-9-16/h3-10H,11-12H2,1-2H3,(H,21,22)/t18-/m0/s1. The van der Waals surface area contributed by atoms with Crippen molar-refractivity contribution in [2.24, 2.45) is 0 Å². The fraction of sp³-hybridized carbons (Fsp3) is 0.278. The van der Waals surface area contributed by atoms with Crippen molar-refractivity contribution in [2.45, 2.75) is 17.4 Å². The molecule has 0 fully saturated rings. The summed E-state index contributed by atoms with van der Waals surface area (Å²) in [5.41, 5.74) is 0.227. The lowest BCUT2D eigenvalue weighted by atomic mass is 9.95. The van der Waals surface area contributed by atoms with E-state index in [0.29, 0.717) is 11.6 Å². The van der Waals surface area contributed by atoms with Crippen molar-refractivity contribution in [2.75, 3.05) is 19.4 Å². The molecule has 3 nitrogen and oxygen atoms in total.